The van der Waals surface area contributed by atoms with Gasteiger partial charge >= 0.3 is 0 Å². The minimum atomic E-state index is 0.423. The van der Waals surface area contributed by atoms with Gasteiger partial charge < -0.3 is 10.2 Å². The Bertz CT molecular complexity index is 897. The fourth-order valence-electron chi connectivity index (χ4n) is 6.41. The molecule has 3 aliphatic heterocycles. The molecule has 0 saturated carbocycles. The summed E-state index contributed by atoms with van der Waals surface area (Å²) in [6.07, 6.45) is 12.2. The summed E-state index contributed by atoms with van der Waals surface area (Å²) in [6, 6.07) is 14.1. The van der Waals surface area contributed by atoms with Gasteiger partial charge in [0.1, 0.15) is 5.82 Å². The highest BCUT2D eigenvalue weighted by Gasteiger charge is 2.32. The largest absolute Gasteiger partial charge is 0.356 e. The molecule has 1 aromatic carbocycles. The third-order valence-corrected chi connectivity index (χ3v) is 8.27. The fourth-order valence-corrected chi connectivity index (χ4v) is 6.41. The lowest BCUT2D eigenvalue weighted by atomic mass is 9.91. The predicted octanol–water partition coefficient (Wildman–Crippen LogP) is 5.03. The molecular formula is C29H44N6. The minimum absolute atomic E-state index is 0.423. The van der Waals surface area contributed by atoms with Gasteiger partial charge in [-0.15, -0.1) is 0 Å². The first-order valence-electron chi connectivity index (χ1n) is 14.1. The normalized spacial score (nSPS) is 27.2. The first-order chi connectivity index (χ1) is 17.2. The maximum atomic E-state index is 4.94. The molecule has 5 rings (SSSR count). The van der Waals surface area contributed by atoms with E-state index in [2.05, 4.69) is 68.3 Å². The SMILES string of the molecule is CC1CN(Cc2ccccc2)CCC1N1CCCCC(Nc2nccc(N3CCCCCC3)n2)C1. The van der Waals surface area contributed by atoms with Crippen LogP contribution in [0.1, 0.15) is 63.9 Å². The molecule has 6 nitrogen and oxygen atoms in total. The van der Waals surface area contributed by atoms with Gasteiger partial charge in [0, 0.05) is 51.0 Å². The van der Waals surface area contributed by atoms with E-state index >= 15 is 0 Å². The van der Waals surface area contributed by atoms with Gasteiger partial charge in [-0.3, -0.25) is 9.80 Å². The number of likely N-dealkylation sites (tertiary alicyclic amines) is 2. The lowest BCUT2D eigenvalue weighted by molar-refractivity contribution is 0.0609. The van der Waals surface area contributed by atoms with Crippen LogP contribution in [0.4, 0.5) is 11.8 Å². The molecule has 190 valence electrons. The smallest absolute Gasteiger partial charge is 0.224 e. The Labute approximate surface area is 212 Å². The maximum absolute atomic E-state index is 4.94. The van der Waals surface area contributed by atoms with E-state index in [1.807, 2.05) is 6.20 Å². The van der Waals surface area contributed by atoms with Crippen LogP contribution in [-0.4, -0.2) is 71.1 Å². The van der Waals surface area contributed by atoms with Gasteiger partial charge in [0.25, 0.3) is 0 Å². The zero-order chi connectivity index (χ0) is 23.9. The van der Waals surface area contributed by atoms with Crippen molar-refractivity contribution in [3.8, 4) is 0 Å². The van der Waals surface area contributed by atoms with Gasteiger partial charge in [-0.25, -0.2) is 4.98 Å². The lowest BCUT2D eigenvalue weighted by Gasteiger charge is -2.43. The topological polar surface area (TPSA) is 47.5 Å². The maximum Gasteiger partial charge on any atom is 0.224 e. The molecule has 3 unspecified atom stereocenters. The molecule has 3 aliphatic rings. The van der Waals surface area contributed by atoms with E-state index in [-0.39, 0.29) is 0 Å². The van der Waals surface area contributed by atoms with Crippen LogP contribution < -0.4 is 10.2 Å². The number of piperidine rings is 1. The molecule has 0 aliphatic carbocycles. The van der Waals surface area contributed by atoms with Crippen molar-refractivity contribution in [2.45, 2.75) is 76.9 Å². The molecule has 4 heterocycles. The highest BCUT2D eigenvalue weighted by Crippen LogP contribution is 2.27. The van der Waals surface area contributed by atoms with E-state index in [4.69, 9.17) is 4.98 Å². The summed E-state index contributed by atoms with van der Waals surface area (Å²) in [5.74, 6) is 2.59. The molecule has 1 aromatic heterocycles. The zero-order valence-electron chi connectivity index (χ0n) is 21.6. The third kappa shape index (κ3) is 6.73. The van der Waals surface area contributed by atoms with Crippen molar-refractivity contribution in [1.29, 1.82) is 0 Å². The van der Waals surface area contributed by atoms with E-state index in [0.717, 1.165) is 37.9 Å². The van der Waals surface area contributed by atoms with Gasteiger partial charge in [0.15, 0.2) is 0 Å². The van der Waals surface area contributed by atoms with E-state index in [1.54, 1.807) is 0 Å². The summed E-state index contributed by atoms with van der Waals surface area (Å²) in [5, 5.41) is 3.74. The molecule has 0 bridgehead atoms. The molecule has 2 aromatic rings. The van der Waals surface area contributed by atoms with Crippen molar-refractivity contribution in [3.63, 3.8) is 0 Å². The summed E-state index contributed by atoms with van der Waals surface area (Å²) in [5.41, 5.74) is 1.43. The highest BCUT2D eigenvalue weighted by atomic mass is 15.3. The standard InChI is InChI=1S/C29H44N6/c1-24-21-33(22-25-11-5-4-6-12-25)20-15-27(24)35-19-10-7-13-26(23-35)31-29-30-16-14-28(32-29)34-17-8-2-3-9-18-34/h4-6,11-12,14,16,24,26-27H,2-3,7-10,13,15,17-23H2,1H3,(H,30,31,32). The molecule has 0 spiro atoms. The van der Waals surface area contributed by atoms with Gasteiger partial charge in [-0.05, 0) is 62.7 Å². The Kier molecular flexibility index (Phi) is 8.53. The predicted molar refractivity (Wildman–Crippen MR) is 145 cm³/mol. The van der Waals surface area contributed by atoms with Crippen LogP contribution in [0.2, 0.25) is 0 Å². The quantitative estimate of drug-likeness (QED) is 0.631. The summed E-state index contributed by atoms with van der Waals surface area (Å²) >= 11 is 0. The number of aromatic nitrogens is 2. The Hall–Kier alpha value is -2.18. The lowest BCUT2D eigenvalue weighted by Crippen LogP contribution is -2.52. The second-order valence-electron chi connectivity index (χ2n) is 11.0. The number of hydrogen-bond acceptors (Lipinski definition) is 6. The van der Waals surface area contributed by atoms with E-state index in [0.29, 0.717) is 18.0 Å². The first-order valence-corrected chi connectivity index (χ1v) is 14.1. The first kappa shape index (κ1) is 24.5. The number of nitrogens with zero attached hydrogens (tertiary/aromatic N) is 5. The summed E-state index contributed by atoms with van der Waals surface area (Å²) < 4.78 is 0. The van der Waals surface area contributed by atoms with E-state index in [9.17, 15) is 0 Å². The molecule has 0 amide bonds. The van der Waals surface area contributed by atoms with Gasteiger partial charge in [-0.2, -0.15) is 4.98 Å². The van der Waals surface area contributed by atoms with Gasteiger partial charge in [0.05, 0.1) is 0 Å². The summed E-state index contributed by atoms with van der Waals surface area (Å²) in [4.78, 5) is 17.4. The van der Waals surface area contributed by atoms with Crippen LogP contribution in [0.3, 0.4) is 0 Å². The minimum Gasteiger partial charge on any atom is -0.356 e. The summed E-state index contributed by atoms with van der Waals surface area (Å²) in [6.45, 7) is 10.5. The third-order valence-electron chi connectivity index (χ3n) is 8.27. The zero-order valence-corrected chi connectivity index (χ0v) is 21.6. The second kappa shape index (κ2) is 12.2. The van der Waals surface area contributed by atoms with Gasteiger partial charge in [-0.1, -0.05) is 56.5 Å². The fraction of sp³-hybridized carbons (Fsp3) is 0.655. The Morgan fingerprint density at radius 2 is 1.66 bits per heavy atom. The van der Waals surface area contributed by atoms with Crippen molar-refractivity contribution in [3.05, 3.63) is 48.2 Å². The van der Waals surface area contributed by atoms with Crippen LogP contribution in [0.5, 0.6) is 0 Å². The average molecular weight is 477 g/mol. The molecule has 3 saturated heterocycles. The molecule has 3 atom stereocenters. The molecular weight excluding hydrogens is 432 g/mol. The molecule has 0 radical (unpaired) electrons. The molecule has 35 heavy (non-hydrogen) atoms. The summed E-state index contributed by atoms with van der Waals surface area (Å²) in [7, 11) is 0. The number of nitrogens with one attached hydrogen (secondary N) is 1. The monoisotopic (exact) mass is 476 g/mol. The van der Waals surface area contributed by atoms with Crippen molar-refractivity contribution in [2.75, 3.05) is 49.5 Å². The highest BCUT2D eigenvalue weighted by molar-refractivity contribution is 5.43. The van der Waals surface area contributed by atoms with Crippen LogP contribution >= 0.6 is 0 Å². The second-order valence-corrected chi connectivity index (χ2v) is 11.0. The Balaban J connectivity index is 1.18. The number of benzene rings is 1. The number of anilines is 2. The van der Waals surface area contributed by atoms with Crippen LogP contribution in [0.15, 0.2) is 42.6 Å². The van der Waals surface area contributed by atoms with Crippen LogP contribution in [0.25, 0.3) is 0 Å². The van der Waals surface area contributed by atoms with Crippen LogP contribution in [-0.2, 0) is 6.54 Å². The Morgan fingerprint density at radius 3 is 2.46 bits per heavy atom. The van der Waals surface area contributed by atoms with Crippen LogP contribution in [0, 0.1) is 5.92 Å². The van der Waals surface area contributed by atoms with Crippen molar-refractivity contribution >= 4 is 11.8 Å². The van der Waals surface area contributed by atoms with E-state index in [1.165, 1.54) is 76.6 Å². The van der Waals surface area contributed by atoms with Crippen molar-refractivity contribution in [2.24, 2.45) is 5.92 Å². The van der Waals surface area contributed by atoms with E-state index < -0.39 is 0 Å². The molecule has 6 heteroatoms. The van der Waals surface area contributed by atoms with Crippen molar-refractivity contribution < 1.29 is 0 Å². The number of rotatable bonds is 6. The van der Waals surface area contributed by atoms with Crippen molar-refractivity contribution in [1.82, 2.24) is 19.8 Å². The molecule has 1 N–H and O–H groups in total. The Morgan fingerprint density at radius 1 is 0.857 bits per heavy atom. The molecule has 3 fully saturated rings. The number of hydrogen-bond donors (Lipinski definition) is 1. The average Bonchev–Trinajstić information content (AvgIpc) is 3.29. The van der Waals surface area contributed by atoms with Gasteiger partial charge in [0.2, 0.25) is 5.95 Å².